The number of aliphatic hydroxyl groups excluding tert-OH is 4. The van der Waals surface area contributed by atoms with Gasteiger partial charge in [0.1, 0.15) is 30.5 Å². The summed E-state index contributed by atoms with van der Waals surface area (Å²) >= 11 is 0. The fourth-order valence-electron chi connectivity index (χ4n) is 2.46. The molecule has 1 saturated heterocycles. The van der Waals surface area contributed by atoms with Gasteiger partial charge in [-0.1, -0.05) is 35.5 Å². The van der Waals surface area contributed by atoms with E-state index < -0.39 is 47.5 Å². The van der Waals surface area contributed by atoms with Gasteiger partial charge in [-0.05, 0) is 5.56 Å². The van der Waals surface area contributed by atoms with E-state index in [9.17, 15) is 33.4 Å². The van der Waals surface area contributed by atoms with Gasteiger partial charge in [-0.2, -0.15) is 8.42 Å². The van der Waals surface area contributed by atoms with E-state index in [-0.39, 0.29) is 12.1 Å². The van der Waals surface area contributed by atoms with Crippen LogP contribution in [0.25, 0.3) is 0 Å². The predicted molar refractivity (Wildman–Crippen MR) is 106 cm³/mol. The van der Waals surface area contributed by atoms with Crippen LogP contribution < -0.4 is 0 Å². The van der Waals surface area contributed by atoms with Crippen LogP contribution in [-0.4, -0.2) is 109 Å². The Balaban J connectivity index is 0.000000804. The average Bonchev–Trinajstić information content (AvgIpc) is 2.62. The lowest BCUT2D eigenvalue weighted by atomic mass is 9.90. The molecule has 1 aromatic rings. The highest BCUT2D eigenvalue weighted by atomic mass is 32.3. The van der Waals surface area contributed by atoms with E-state index in [1.807, 2.05) is 0 Å². The number of oxime groups is 1. The van der Waals surface area contributed by atoms with Crippen LogP contribution in [-0.2, 0) is 25.8 Å². The van der Waals surface area contributed by atoms with E-state index in [2.05, 4.69) is 37.6 Å². The van der Waals surface area contributed by atoms with Crippen molar-refractivity contribution in [2.24, 2.45) is 5.16 Å². The van der Waals surface area contributed by atoms with Gasteiger partial charge in [0.05, 0.1) is 40.5 Å². The summed E-state index contributed by atoms with van der Waals surface area (Å²) in [6.45, 7) is -0.666. The lowest BCUT2D eigenvalue weighted by Crippen LogP contribution is -2.60. The van der Waals surface area contributed by atoms with Gasteiger partial charge < -0.3 is 34.2 Å². The molecule has 5 atom stereocenters. The topological polar surface area (TPSA) is 169 Å². The predicted octanol–water partition coefficient (Wildman–Crippen LogP) is -1.77. The van der Waals surface area contributed by atoms with Gasteiger partial charge in [-0.25, -0.2) is 0 Å². The molecule has 1 aliphatic heterocycles. The van der Waals surface area contributed by atoms with Crippen LogP contribution in [0.1, 0.15) is 5.56 Å². The Hall–Kier alpha value is -1.64. The van der Waals surface area contributed by atoms with Crippen LogP contribution >= 0.6 is 0 Å². The van der Waals surface area contributed by atoms with Crippen molar-refractivity contribution in [2.45, 2.75) is 36.9 Å². The van der Waals surface area contributed by atoms with Crippen LogP contribution in [0.3, 0.4) is 0 Å². The molecule has 1 aliphatic rings. The van der Waals surface area contributed by atoms with Crippen molar-refractivity contribution < 1.29 is 46.9 Å². The molecule has 0 aliphatic carbocycles. The highest BCUT2D eigenvalue weighted by Gasteiger charge is 2.45. The highest BCUT2D eigenvalue weighted by Crippen LogP contribution is 2.23. The number of hydrogen-bond acceptors (Lipinski definition) is 10. The molecule has 0 amide bonds. The van der Waals surface area contributed by atoms with Gasteiger partial charge >= 0.3 is 0 Å². The minimum Gasteiger partial charge on any atom is -0.714 e. The second-order valence-corrected chi connectivity index (χ2v) is 9.13. The second kappa shape index (κ2) is 11.1. The van der Waals surface area contributed by atoms with Gasteiger partial charge in [-0.15, -0.1) is 0 Å². The Labute approximate surface area is 176 Å². The second-order valence-electron chi connectivity index (χ2n) is 8.16. The monoisotopic (exact) mass is 450 g/mol. The molecule has 12 heteroatoms. The Morgan fingerprint density at radius 1 is 1.10 bits per heavy atom. The fraction of sp³-hybridized carbons (Fsp3) is 0.611. The van der Waals surface area contributed by atoms with E-state index in [0.717, 1.165) is 4.48 Å². The Bertz CT molecular complexity index is 773. The maximum absolute atomic E-state index is 10.7. The molecule has 2 rings (SSSR count). The summed E-state index contributed by atoms with van der Waals surface area (Å²) in [5, 5.41) is 42.2. The van der Waals surface area contributed by atoms with Crippen molar-refractivity contribution in [3.8, 4) is 0 Å². The lowest BCUT2D eigenvalue weighted by Gasteiger charge is -2.40. The van der Waals surface area contributed by atoms with E-state index in [4.69, 9.17) is 4.74 Å². The fourth-order valence-corrected chi connectivity index (χ4v) is 2.65. The molecule has 0 saturated carbocycles. The summed E-state index contributed by atoms with van der Waals surface area (Å²) in [4.78, 5) is 0. The van der Waals surface area contributed by atoms with Crippen molar-refractivity contribution in [1.29, 1.82) is 0 Å². The summed E-state index contributed by atoms with van der Waals surface area (Å²) in [6, 6.07) is 8.49. The molecule has 4 N–H and O–H groups in total. The number of nitrogens with zero attached hydrogens (tertiary/aromatic N) is 2. The summed E-state index contributed by atoms with van der Waals surface area (Å²) in [6.07, 6.45) is -7.64. The van der Waals surface area contributed by atoms with Crippen molar-refractivity contribution in [1.82, 2.24) is 0 Å². The Morgan fingerprint density at radius 3 is 2.10 bits per heavy atom. The number of ether oxygens (including phenoxy) is 1. The first-order valence-corrected chi connectivity index (χ1v) is 10.4. The van der Waals surface area contributed by atoms with Crippen molar-refractivity contribution in [3.63, 3.8) is 0 Å². The van der Waals surface area contributed by atoms with E-state index in [1.54, 1.807) is 30.3 Å². The molecule has 0 bridgehead atoms. The van der Waals surface area contributed by atoms with E-state index in [0.29, 0.717) is 5.56 Å². The first-order chi connectivity index (χ1) is 13.7. The quantitative estimate of drug-likeness (QED) is 0.129. The molecule has 11 nitrogen and oxygen atoms in total. The third-order valence-electron chi connectivity index (χ3n) is 3.69. The Morgan fingerprint density at radius 2 is 1.63 bits per heavy atom. The first kappa shape index (κ1) is 26.4. The van der Waals surface area contributed by atoms with Gasteiger partial charge in [0.2, 0.25) is 0 Å². The summed E-state index contributed by atoms with van der Waals surface area (Å²) in [5.41, 5.74) is 0.424. The molecule has 1 heterocycles. The highest BCUT2D eigenvalue weighted by molar-refractivity contribution is 7.80. The summed E-state index contributed by atoms with van der Waals surface area (Å²) < 4.78 is 42.2. The number of rotatable bonds is 6. The number of quaternary nitrogens is 1. The van der Waals surface area contributed by atoms with Gasteiger partial charge in [-0.3, -0.25) is 4.28 Å². The molecule has 30 heavy (non-hydrogen) atoms. The first-order valence-electron chi connectivity index (χ1n) is 9.07. The standard InChI is InChI=1S/C14H19NO9S.C4H12N/c16-7-10-11(17)12(18)13(19)14(23-10)9(15-24-25(20,21)22)6-8-4-2-1-3-5-8;1-5(2,3)4/h1-5,10-14,16-19H,6-7H2,(H,20,21,22);1-4H3/q;+1/p-1/t10-,11-,12+,13-,14+;/m1./s1. The molecule has 0 spiro atoms. The van der Waals surface area contributed by atoms with Crippen LogP contribution in [0.4, 0.5) is 0 Å². The summed E-state index contributed by atoms with van der Waals surface area (Å²) in [5.74, 6) is 0. The minimum atomic E-state index is -5.15. The average molecular weight is 451 g/mol. The molecular formula is C18H30N2O9S. The maximum atomic E-state index is 10.7. The maximum Gasteiger partial charge on any atom is 0.283 e. The Kier molecular flexibility index (Phi) is 9.78. The lowest BCUT2D eigenvalue weighted by molar-refractivity contribution is -0.849. The van der Waals surface area contributed by atoms with Crippen molar-refractivity contribution in [2.75, 3.05) is 34.8 Å². The van der Waals surface area contributed by atoms with Crippen molar-refractivity contribution in [3.05, 3.63) is 35.9 Å². The number of benzene rings is 1. The number of hydrogen-bond donors (Lipinski definition) is 4. The third-order valence-corrected chi connectivity index (χ3v) is 3.95. The van der Waals surface area contributed by atoms with Gasteiger partial charge in [0.25, 0.3) is 10.4 Å². The summed E-state index contributed by atoms with van der Waals surface area (Å²) in [7, 11) is 3.35. The molecule has 0 radical (unpaired) electrons. The van der Waals surface area contributed by atoms with E-state index in [1.165, 1.54) is 0 Å². The molecule has 172 valence electrons. The molecule has 0 unspecified atom stereocenters. The van der Waals surface area contributed by atoms with E-state index >= 15 is 0 Å². The van der Waals surface area contributed by atoms with Crippen LogP contribution in [0.15, 0.2) is 35.5 Å². The molecular weight excluding hydrogens is 420 g/mol. The van der Waals surface area contributed by atoms with Crippen molar-refractivity contribution >= 4 is 16.1 Å². The largest absolute Gasteiger partial charge is 0.714 e. The van der Waals surface area contributed by atoms with Crippen LogP contribution in [0, 0.1) is 0 Å². The van der Waals surface area contributed by atoms with Gasteiger partial charge in [0, 0.05) is 6.42 Å². The van der Waals surface area contributed by atoms with Crippen LogP contribution in [0.2, 0.25) is 0 Å². The van der Waals surface area contributed by atoms with Gasteiger partial charge in [0.15, 0.2) is 0 Å². The molecule has 1 fully saturated rings. The number of aliphatic hydroxyl groups is 4. The minimum absolute atomic E-state index is 0.0704. The normalized spacial score (nSPS) is 27.8. The third kappa shape index (κ3) is 9.45. The SMILES string of the molecule is C[N+](C)(C)C.O=S(=O)([O-])ON=C(Cc1ccccc1)[C@@H]1O[C@H](CO)[C@@H](O)[C@H](O)[C@H]1O. The molecule has 0 aromatic heterocycles. The zero-order valence-electron chi connectivity index (χ0n) is 17.3. The zero-order chi connectivity index (χ0) is 23.1. The molecule has 1 aromatic carbocycles. The zero-order valence-corrected chi connectivity index (χ0v) is 18.1. The van der Waals surface area contributed by atoms with Crippen LogP contribution in [0.5, 0.6) is 0 Å². The smallest absolute Gasteiger partial charge is 0.283 e.